The van der Waals surface area contributed by atoms with E-state index in [9.17, 15) is 9.59 Å². The first-order chi connectivity index (χ1) is 11.9. The van der Waals surface area contributed by atoms with E-state index in [0.29, 0.717) is 18.0 Å². The number of unbranched alkanes of at least 4 members (excludes halogenated alkanes) is 2. The van der Waals surface area contributed by atoms with Crippen LogP contribution in [0.15, 0.2) is 12.1 Å². The number of benzene rings is 1. The van der Waals surface area contributed by atoms with E-state index in [0.717, 1.165) is 19.3 Å². The molecule has 0 fully saturated rings. The lowest BCUT2D eigenvalue weighted by Gasteiger charge is -2.16. The predicted molar refractivity (Wildman–Crippen MR) is 96.6 cm³/mol. The van der Waals surface area contributed by atoms with Gasteiger partial charge in [0.1, 0.15) is 0 Å². The number of hydrogen-bond donors (Lipinski definition) is 1. The van der Waals surface area contributed by atoms with Gasteiger partial charge in [-0.3, -0.25) is 4.79 Å². The van der Waals surface area contributed by atoms with Gasteiger partial charge in [0.2, 0.25) is 0 Å². The smallest absolute Gasteiger partial charge is 0.338 e. The van der Waals surface area contributed by atoms with E-state index in [2.05, 4.69) is 12.2 Å². The highest BCUT2D eigenvalue weighted by molar-refractivity contribution is 6.32. The van der Waals surface area contributed by atoms with Gasteiger partial charge in [-0.2, -0.15) is 0 Å². The highest BCUT2D eigenvalue weighted by atomic mass is 35.5. The Bertz CT molecular complexity index is 589. The Hall–Kier alpha value is -1.95. The van der Waals surface area contributed by atoms with E-state index in [1.807, 2.05) is 13.8 Å². The molecule has 1 amide bonds. The fraction of sp³-hybridized carbons (Fsp3) is 0.556. The molecule has 1 N–H and O–H groups in total. The Kier molecular flexibility index (Phi) is 9.13. The zero-order valence-corrected chi connectivity index (χ0v) is 15.9. The lowest BCUT2D eigenvalue weighted by Crippen LogP contribution is -2.29. The molecular weight excluding hydrogens is 346 g/mol. The minimum absolute atomic E-state index is 0.0967. The Balaban J connectivity index is 2.66. The van der Waals surface area contributed by atoms with Crippen LogP contribution in [-0.4, -0.2) is 38.2 Å². The lowest BCUT2D eigenvalue weighted by molar-refractivity contribution is -0.124. The molecular formula is C18H26ClNO5. The number of ether oxygens (including phenoxy) is 3. The topological polar surface area (TPSA) is 73.9 Å². The largest absolute Gasteiger partial charge is 0.493 e. The summed E-state index contributed by atoms with van der Waals surface area (Å²) in [4.78, 5) is 23.8. The molecule has 0 heterocycles. The van der Waals surface area contributed by atoms with E-state index < -0.39 is 5.97 Å². The molecule has 0 aliphatic rings. The molecule has 25 heavy (non-hydrogen) atoms. The van der Waals surface area contributed by atoms with Gasteiger partial charge in [-0.05, 0) is 32.4 Å². The summed E-state index contributed by atoms with van der Waals surface area (Å²) in [5.74, 6) is -0.288. The Morgan fingerprint density at radius 1 is 1.24 bits per heavy atom. The molecule has 7 heteroatoms. The van der Waals surface area contributed by atoms with E-state index >= 15 is 0 Å². The minimum atomic E-state index is -0.653. The molecule has 1 aromatic rings. The van der Waals surface area contributed by atoms with Crippen LogP contribution in [0.3, 0.4) is 0 Å². The average molecular weight is 372 g/mol. The summed E-state index contributed by atoms with van der Waals surface area (Å²) >= 11 is 6.17. The van der Waals surface area contributed by atoms with Crippen LogP contribution >= 0.6 is 11.6 Å². The number of hydrogen-bond acceptors (Lipinski definition) is 5. The van der Waals surface area contributed by atoms with E-state index in [1.54, 1.807) is 0 Å². The maximum absolute atomic E-state index is 12.1. The number of halogens is 1. The predicted octanol–water partition coefficient (Wildman–Crippen LogP) is 3.60. The van der Waals surface area contributed by atoms with E-state index in [4.69, 9.17) is 25.8 Å². The van der Waals surface area contributed by atoms with Crippen LogP contribution in [0, 0.1) is 0 Å². The number of nitrogens with one attached hydrogen (secondary N) is 1. The standard InChI is InChI=1S/C18H26ClNO5/c1-5-6-7-8-20-16(21)11-24-18(22)13-9-14(19)17(25-12(2)3)15(10-13)23-4/h9-10,12H,5-8,11H2,1-4H3,(H,20,21). The van der Waals surface area contributed by atoms with Gasteiger partial charge < -0.3 is 19.5 Å². The molecule has 0 aliphatic heterocycles. The first-order valence-electron chi connectivity index (χ1n) is 8.37. The van der Waals surface area contributed by atoms with Gasteiger partial charge in [0.25, 0.3) is 5.91 Å². The minimum Gasteiger partial charge on any atom is -0.493 e. The number of carbonyl (C=O) groups excluding carboxylic acids is 2. The highest BCUT2D eigenvalue weighted by Crippen LogP contribution is 2.37. The molecule has 0 saturated heterocycles. The molecule has 140 valence electrons. The van der Waals surface area contributed by atoms with Crippen molar-refractivity contribution in [2.75, 3.05) is 20.3 Å². The van der Waals surface area contributed by atoms with Crippen LogP contribution in [0.5, 0.6) is 11.5 Å². The monoisotopic (exact) mass is 371 g/mol. The summed E-state index contributed by atoms with van der Waals surface area (Å²) in [7, 11) is 1.46. The van der Waals surface area contributed by atoms with Crippen molar-refractivity contribution in [1.29, 1.82) is 0 Å². The molecule has 0 saturated carbocycles. The van der Waals surface area contributed by atoms with Crippen LogP contribution in [0.1, 0.15) is 50.4 Å². The quantitative estimate of drug-likeness (QED) is 0.502. The van der Waals surface area contributed by atoms with E-state index in [1.165, 1.54) is 19.2 Å². The fourth-order valence-electron chi connectivity index (χ4n) is 2.06. The van der Waals surface area contributed by atoms with Crippen molar-refractivity contribution in [3.63, 3.8) is 0 Å². The van der Waals surface area contributed by atoms with Crippen LogP contribution in [0.25, 0.3) is 0 Å². The van der Waals surface area contributed by atoms with Gasteiger partial charge in [0, 0.05) is 6.54 Å². The number of esters is 1. The summed E-state index contributed by atoms with van der Waals surface area (Å²) < 4.78 is 15.8. The molecule has 6 nitrogen and oxygen atoms in total. The van der Waals surface area contributed by atoms with Gasteiger partial charge in [0.15, 0.2) is 18.1 Å². The second kappa shape index (κ2) is 10.8. The summed E-state index contributed by atoms with van der Waals surface area (Å²) in [5, 5.41) is 2.94. The Morgan fingerprint density at radius 3 is 2.56 bits per heavy atom. The third-order valence-corrected chi connectivity index (χ3v) is 3.54. The molecule has 0 unspecified atom stereocenters. The van der Waals surface area contributed by atoms with Crippen LogP contribution < -0.4 is 14.8 Å². The van der Waals surface area contributed by atoms with Crippen molar-refractivity contribution < 1.29 is 23.8 Å². The summed E-state index contributed by atoms with van der Waals surface area (Å²) in [6.07, 6.45) is 2.92. The third kappa shape index (κ3) is 7.22. The number of carbonyl (C=O) groups is 2. The average Bonchev–Trinajstić information content (AvgIpc) is 2.57. The Morgan fingerprint density at radius 2 is 1.96 bits per heavy atom. The second-order valence-electron chi connectivity index (χ2n) is 5.79. The van der Waals surface area contributed by atoms with Gasteiger partial charge in [-0.1, -0.05) is 31.4 Å². The maximum atomic E-state index is 12.1. The van der Waals surface area contributed by atoms with Gasteiger partial charge >= 0.3 is 5.97 Å². The number of amides is 1. The maximum Gasteiger partial charge on any atom is 0.338 e. The van der Waals surface area contributed by atoms with E-state index in [-0.39, 0.29) is 29.2 Å². The zero-order chi connectivity index (χ0) is 18.8. The van der Waals surface area contributed by atoms with Crippen molar-refractivity contribution in [1.82, 2.24) is 5.32 Å². The summed E-state index contributed by atoms with van der Waals surface area (Å²) in [6.45, 7) is 6.04. The van der Waals surface area contributed by atoms with Gasteiger partial charge in [0.05, 0.1) is 23.8 Å². The van der Waals surface area contributed by atoms with Gasteiger partial charge in [-0.15, -0.1) is 0 Å². The zero-order valence-electron chi connectivity index (χ0n) is 15.2. The molecule has 0 bridgehead atoms. The number of methoxy groups -OCH3 is 1. The fourth-order valence-corrected chi connectivity index (χ4v) is 2.31. The SMILES string of the molecule is CCCCCNC(=O)COC(=O)c1cc(Cl)c(OC(C)C)c(OC)c1. The van der Waals surface area contributed by atoms with Crippen LogP contribution in [-0.2, 0) is 9.53 Å². The highest BCUT2D eigenvalue weighted by Gasteiger charge is 2.18. The van der Waals surface area contributed by atoms with Crippen molar-refractivity contribution >= 4 is 23.5 Å². The number of rotatable bonds is 10. The summed E-state index contributed by atoms with van der Waals surface area (Å²) in [5.41, 5.74) is 0.191. The molecule has 1 rings (SSSR count). The molecule has 0 atom stereocenters. The van der Waals surface area contributed by atoms with Crippen LogP contribution in [0.2, 0.25) is 5.02 Å². The van der Waals surface area contributed by atoms with Crippen molar-refractivity contribution in [2.45, 2.75) is 46.1 Å². The molecule has 0 spiro atoms. The lowest BCUT2D eigenvalue weighted by atomic mass is 10.2. The van der Waals surface area contributed by atoms with Crippen molar-refractivity contribution in [3.8, 4) is 11.5 Å². The third-order valence-electron chi connectivity index (χ3n) is 3.26. The van der Waals surface area contributed by atoms with Gasteiger partial charge in [-0.25, -0.2) is 4.79 Å². The van der Waals surface area contributed by atoms with Crippen LogP contribution in [0.4, 0.5) is 0 Å². The van der Waals surface area contributed by atoms with Crippen molar-refractivity contribution in [2.24, 2.45) is 0 Å². The first-order valence-corrected chi connectivity index (χ1v) is 8.74. The summed E-state index contributed by atoms with van der Waals surface area (Å²) in [6, 6.07) is 2.91. The molecule has 0 aliphatic carbocycles. The second-order valence-corrected chi connectivity index (χ2v) is 6.20. The molecule has 1 aromatic carbocycles. The first kappa shape index (κ1) is 21.1. The normalized spacial score (nSPS) is 10.5. The Labute approximate surface area is 153 Å². The molecule has 0 radical (unpaired) electrons. The molecule has 0 aromatic heterocycles. The van der Waals surface area contributed by atoms with Crippen molar-refractivity contribution in [3.05, 3.63) is 22.7 Å².